The van der Waals surface area contributed by atoms with Crippen LogP contribution in [0.25, 0.3) is 0 Å². The number of hydrogen-bond acceptors (Lipinski definition) is 6. The lowest BCUT2D eigenvalue weighted by molar-refractivity contribution is 0.185. The fourth-order valence-electron chi connectivity index (χ4n) is 1.93. The number of rotatable bonds is 6. The summed E-state index contributed by atoms with van der Waals surface area (Å²) in [4.78, 5) is 15.3. The molecule has 0 unspecified atom stereocenters. The van der Waals surface area contributed by atoms with Crippen molar-refractivity contribution < 1.29 is 4.74 Å². The third kappa shape index (κ3) is 4.14. The normalized spacial score (nSPS) is 10.8. The maximum absolute atomic E-state index is 5.16. The standard InChI is InChI=1S/C16H23N5O/c1-11(2)14-18-15(20-16(19-14)21(3)4)17-13-8-6-7-12(9-13)10-22-5/h6-9,11H,10H2,1-5H3,(H,17,18,19,20). The van der Waals surface area contributed by atoms with Gasteiger partial charge in [-0.2, -0.15) is 15.0 Å². The van der Waals surface area contributed by atoms with Gasteiger partial charge in [0.05, 0.1) is 6.61 Å². The van der Waals surface area contributed by atoms with E-state index in [9.17, 15) is 0 Å². The van der Waals surface area contributed by atoms with Crippen molar-refractivity contribution in [1.29, 1.82) is 0 Å². The molecule has 0 saturated carbocycles. The quantitative estimate of drug-likeness (QED) is 0.885. The molecule has 1 aromatic heterocycles. The number of nitrogens with one attached hydrogen (secondary N) is 1. The Morgan fingerprint density at radius 3 is 2.59 bits per heavy atom. The molecule has 0 aliphatic carbocycles. The lowest BCUT2D eigenvalue weighted by Crippen LogP contribution is -2.16. The van der Waals surface area contributed by atoms with Gasteiger partial charge < -0.3 is 15.0 Å². The molecule has 6 heteroatoms. The number of nitrogens with zero attached hydrogens (tertiary/aromatic N) is 4. The van der Waals surface area contributed by atoms with Crippen LogP contribution in [0.5, 0.6) is 0 Å². The first-order valence-electron chi connectivity index (χ1n) is 7.27. The predicted octanol–water partition coefficient (Wildman–Crippen LogP) is 2.95. The molecule has 118 valence electrons. The summed E-state index contributed by atoms with van der Waals surface area (Å²) >= 11 is 0. The molecule has 0 aliphatic rings. The number of aromatic nitrogens is 3. The van der Waals surface area contributed by atoms with E-state index in [0.29, 0.717) is 18.5 Å². The molecule has 22 heavy (non-hydrogen) atoms. The Morgan fingerprint density at radius 2 is 1.95 bits per heavy atom. The minimum absolute atomic E-state index is 0.238. The van der Waals surface area contributed by atoms with Crippen LogP contribution in [0, 0.1) is 0 Å². The van der Waals surface area contributed by atoms with E-state index >= 15 is 0 Å². The highest BCUT2D eigenvalue weighted by atomic mass is 16.5. The van der Waals surface area contributed by atoms with Crippen LogP contribution in [0.2, 0.25) is 0 Å². The smallest absolute Gasteiger partial charge is 0.232 e. The molecular weight excluding hydrogens is 278 g/mol. The molecule has 0 aliphatic heterocycles. The molecule has 1 aromatic carbocycles. The monoisotopic (exact) mass is 301 g/mol. The van der Waals surface area contributed by atoms with Gasteiger partial charge in [-0.1, -0.05) is 26.0 Å². The van der Waals surface area contributed by atoms with Gasteiger partial charge in [0.15, 0.2) is 0 Å². The van der Waals surface area contributed by atoms with E-state index in [4.69, 9.17) is 4.74 Å². The largest absolute Gasteiger partial charge is 0.380 e. The van der Waals surface area contributed by atoms with Crippen LogP contribution in [0.3, 0.4) is 0 Å². The average molecular weight is 301 g/mol. The summed E-state index contributed by atoms with van der Waals surface area (Å²) in [7, 11) is 5.52. The van der Waals surface area contributed by atoms with Gasteiger partial charge in [0.25, 0.3) is 0 Å². The van der Waals surface area contributed by atoms with Gasteiger partial charge in [0.2, 0.25) is 11.9 Å². The van der Waals surface area contributed by atoms with Gasteiger partial charge >= 0.3 is 0 Å². The molecule has 6 nitrogen and oxygen atoms in total. The highest BCUT2D eigenvalue weighted by Crippen LogP contribution is 2.19. The van der Waals surface area contributed by atoms with Crippen LogP contribution < -0.4 is 10.2 Å². The second kappa shape index (κ2) is 7.17. The molecule has 2 aromatic rings. The molecule has 0 amide bonds. The van der Waals surface area contributed by atoms with Crippen LogP contribution in [0.1, 0.15) is 31.2 Å². The molecular formula is C16H23N5O. The van der Waals surface area contributed by atoms with Crippen LogP contribution in [-0.4, -0.2) is 36.2 Å². The number of ether oxygens (including phenoxy) is 1. The molecule has 0 spiro atoms. The van der Waals surface area contributed by atoms with E-state index in [-0.39, 0.29) is 5.92 Å². The van der Waals surface area contributed by atoms with Crippen molar-refractivity contribution in [1.82, 2.24) is 15.0 Å². The molecule has 0 saturated heterocycles. The highest BCUT2D eigenvalue weighted by Gasteiger charge is 2.11. The van der Waals surface area contributed by atoms with Crippen molar-refractivity contribution >= 4 is 17.6 Å². The Kier molecular flexibility index (Phi) is 5.27. The maximum Gasteiger partial charge on any atom is 0.232 e. The molecule has 2 rings (SSSR count). The lowest BCUT2D eigenvalue weighted by Gasteiger charge is -2.15. The minimum atomic E-state index is 0.238. The summed E-state index contributed by atoms with van der Waals surface area (Å²) in [6.07, 6.45) is 0. The minimum Gasteiger partial charge on any atom is -0.380 e. The van der Waals surface area contributed by atoms with Crippen molar-refractivity contribution in [2.75, 3.05) is 31.4 Å². The van der Waals surface area contributed by atoms with Gasteiger partial charge in [-0.15, -0.1) is 0 Å². The van der Waals surface area contributed by atoms with Crippen LogP contribution in [0.15, 0.2) is 24.3 Å². The first kappa shape index (κ1) is 16.2. The summed E-state index contributed by atoms with van der Waals surface area (Å²) < 4.78 is 5.16. The predicted molar refractivity (Wildman–Crippen MR) is 88.7 cm³/mol. The van der Waals surface area contributed by atoms with Crippen molar-refractivity contribution in [3.8, 4) is 0 Å². The third-order valence-corrected chi connectivity index (χ3v) is 3.05. The Hall–Kier alpha value is -2.21. The van der Waals surface area contributed by atoms with E-state index < -0.39 is 0 Å². The first-order valence-corrected chi connectivity index (χ1v) is 7.27. The SMILES string of the molecule is COCc1cccc(Nc2nc(C(C)C)nc(N(C)C)n2)c1. The van der Waals surface area contributed by atoms with Gasteiger partial charge in [0.1, 0.15) is 5.82 Å². The van der Waals surface area contributed by atoms with E-state index in [2.05, 4.69) is 34.1 Å². The van der Waals surface area contributed by atoms with Crippen LogP contribution in [-0.2, 0) is 11.3 Å². The second-order valence-electron chi connectivity index (χ2n) is 5.62. The van der Waals surface area contributed by atoms with Gasteiger partial charge in [-0.05, 0) is 17.7 Å². The van der Waals surface area contributed by atoms with Crippen LogP contribution in [0.4, 0.5) is 17.6 Å². The summed E-state index contributed by atoms with van der Waals surface area (Å²) in [5.74, 6) is 2.21. The highest BCUT2D eigenvalue weighted by molar-refractivity contribution is 5.55. The van der Waals surface area contributed by atoms with E-state index in [0.717, 1.165) is 17.1 Å². The van der Waals surface area contributed by atoms with E-state index in [1.165, 1.54) is 0 Å². The molecule has 1 heterocycles. The zero-order chi connectivity index (χ0) is 16.1. The Balaban J connectivity index is 2.30. The van der Waals surface area contributed by atoms with Crippen molar-refractivity contribution in [3.05, 3.63) is 35.7 Å². The van der Waals surface area contributed by atoms with Gasteiger partial charge in [-0.25, -0.2) is 0 Å². The van der Waals surface area contributed by atoms with Crippen molar-refractivity contribution in [2.45, 2.75) is 26.4 Å². The third-order valence-electron chi connectivity index (χ3n) is 3.05. The van der Waals surface area contributed by atoms with Crippen molar-refractivity contribution in [3.63, 3.8) is 0 Å². The number of methoxy groups -OCH3 is 1. The fourth-order valence-corrected chi connectivity index (χ4v) is 1.93. The zero-order valence-corrected chi connectivity index (χ0v) is 13.8. The number of anilines is 3. The summed E-state index contributed by atoms with van der Waals surface area (Å²) in [5.41, 5.74) is 2.03. The summed E-state index contributed by atoms with van der Waals surface area (Å²) in [6.45, 7) is 4.71. The number of benzene rings is 1. The maximum atomic E-state index is 5.16. The molecule has 1 N–H and O–H groups in total. The lowest BCUT2D eigenvalue weighted by atomic mass is 10.2. The molecule has 0 atom stereocenters. The molecule has 0 radical (unpaired) electrons. The van der Waals surface area contributed by atoms with Gasteiger partial charge in [0, 0.05) is 32.8 Å². The average Bonchev–Trinajstić information content (AvgIpc) is 2.47. The number of hydrogen-bond donors (Lipinski definition) is 1. The Bertz CT molecular complexity index is 601. The second-order valence-corrected chi connectivity index (χ2v) is 5.62. The fraction of sp³-hybridized carbons (Fsp3) is 0.438. The summed E-state index contributed by atoms with van der Waals surface area (Å²) in [5, 5.41) is 3.25. The van der Waals surface area contributed by atoms with Crippen molar-refractivity contribution in [2.24, 2.45) is 0 Å². The Morgan fingerprint density at radius 1 is 1.18 bits per heavy atom. The first-order chi connectivity index (χ1) is 10.5. The van der Waals surface area contributed by atoms with Gasteiger partial charge in [-0.3, -0.25) is 0 Å². The topological polar surface area (TPSA) is 63.2 Å². The Labute approximate surface area is 131 Å². The summed E-state index contributed by atoms with van der Waals surface area (Å²) in [6, 6.07) is 8.01. The molecule has 0 bridgehead atoms. The van der Waals surface area contributed by atoms with E-state index in [1.54, 1.807) is 7.11 Å². The van der Waals surface area contributed by atoms with E-state index in [1.807, 2.05) is 43.3 Å². The zero-order valence-electron chi connectivity index (χ0n) is 13.8. The molecule has 0 fully saturated rings. The van der Waals surface area contributed by atoms with Crippen LogP contribution >= 0.6 is 0 Å².